The minimum absolute atomic E-state index is 0.321. The highest BCUT2D eigenvalue weighted by atomic mass is 16.5. The molecule has 0 aliphatic rings. The molecule has 0 saturated heterocycles. The van der Waals surface area contributed by atoms with Crippen LogP contribution >= 0.6 is 0 Å². The Bertz CT molecular complexity index is 503. The average Bonchev–Trinajstić information content (AvgIpc) is 2.36. The summed E-state index contributed by atoms with van der Waals surface area (Å²) in [6.07, 6.45) is 0. The summed E-state index contributed by atoms with van der Waals surface area (Å²) in [5.74, 6) is 0. The lowest BCUT2D eigenvalue weighted by Crippen LogP contribution is -2.27. The van der Waals surface area contributed by atoms with Gasteiger partial charge in [0.25, 0.3) is 0 Å². The summed E-state index contributed by atoms with van der Waals surface area (Å²) >= 11 is 0. The number of hydrogen-bond donors (Lipinski definition) is 1. The highest BCUT2D eigenvalue weighted by molar-refractivity contribution is 5.83. The van der Waals surface area contributed by atoms with E-state index >= 15 is 0 Å². The van der Waals surface area contributed by atoms with E-state index in [0.29, 0.717) is 13.2 Å². The Hall–Kier alpha value is -1.38. The van der Waals surface area contributed by atoms with Crippen molar-refractivity contribution in [1.82, 2.24) is 0 Å². The molecule has 1 N–H and O–H groups in total. The van der Waals surface area contributed by atoms with Crippen LogP contribution in [-0.4, -0.2) is 18.3 Å². The number of rotatable bonds is 4. The second kappa shape index (κ2) is 4.86. The lowest BCUT2D eigenvalue weighted by molar-refractivity contribution is -0.0342. The Kier molecular flexibility index (Phi) is 3.46. The molecule has 2 aromatic carbocycles. The van der Waals surface area contributed by atoms with E-state index in [4.69, 9.17) is 4.74 Å². The van der Waals surface area contributed by atoms with Crippen LogP contribution in [0.3, 0.4) is 0 Å². The first-order valence-corrected chi connectivity index (χ1v) is 5.93. The Morgan fingerprint density at radius 3 is 2.53 bits per heavy atom. The molecule has 0 bridgehead atoms. The second-order valence-corrected chi connectivity index (χ2v) is 4.47. The molecule has 0 radical (unpaired) electrons. The van der Waals surface area contributed by atoms with E-state index in [1.807, 2.05) is 37.3 Å². The number of fused-ring (bicyclic) bond motifs is 1. The Labute approximate surface area is 102 Å². The molecule has 0 spiro atoms. The van der Waals surface area contributed by atoms with Crippen molar-refractivity contribution in [3.05, 3.63) is 48.0 Å². The van der Waals surface area contributed by atoms with Crippen LogP contribution < -0.4 is 0 Å². The van der Waals surface area contributed by atoms with Gasteiger partial charge in [0.2, 0.25) is 0 Å². The summed E-state index contributed by atoms with van der Waals surface area (Å²) in [7, 11) is 0. The quantitative estimate of drug-likeness (QED) is 0.874. The minimum Gasteiger partial charge on any atom is -0.383 e. The summed E-state index contributed by atoms with van der Waals surface area (Å²) < 4.78 is 5.31. The molecule has 0 aliphatic heterocycles. The summed E-state index contributed by atoms with van der Waals surface area (Å²) in [6, 6.07) is 14.1. The molecule has 90 valence electrons. The lowest BCUT2D eigenvalue weighted by Gasteiger charge is -2.23. The van der Waals surface area contributed by atoms with Crippen molar-refractivity contribution in [3.8, 4) is 0 Å². The van der Waals surface area contributed by atoms with Gasteiger partial charge in [-0.3, -0.25) is 0 Å². The number of benzene rings is 2. The maximum Gasteiger partial charge on any atom is 0.110 e. The van der Waals surface area contributed by atoms with E-state index in [1.54, 1.807) is 6.92 Å². The molecule has 2 rings (SSSR count). The first kappa shape index (κ1) is 12.1. The SMILES string of the molecule is CCOCC(C)(O)c1ccc2ccccc2c1. The molecule has 1 atom stereocenters. The standard InChI is InChI=1S/C15H18O2/c1-3-17-11-15(2,16)14-9-8-12-6-4-5-7-13(12)10-14/h4-10,16H,3,11H2,1-2H3. The predicted octanol–water partition coefficient (Wildman–Crippen LogP) is 3.08. The van der Waals surface area contributed by atoms with Crippen LogP contribution in [0, 0.1) is 0 Å². The zero-order chi connectivity index (χ0) is 12.3. The molecule has 0 heterocycles. The third-order valence-corrected chi connectivity index (χ3v) is 2.96. The molecule has 0 fully saturated rings. The van der Waals surface area contributed by atoms with Gasteiger partial charge in [0.1, 0.15) is 5.60 Å². The van der Waals surface area contributed by atoms with Gasteiger partial charge in [0.05, 0.1) is 6.61 Å². The first-order valence-electron chi connectivity index (χ1n) is 5.93. The van der Waals surface area contributed by atoms with Crippen molar-refractivity contribution in [1.29, 1.82) is 0 Å². The van der Waals surface area contributed by atoms with Crippen LogP contribution in [0.2, 0.25) is 0 Å². The van der Waals surface area contributed by atoms with E-state index in [2.05, 4.69) is 12.1 Å². The van der Waals surface area contributed by atoms with E-state index in [-0.39, 0.29) is 0 Å². The largest absolute Gasteiger partial charge is 0.383 e. The Balaban J connectivity index is 2.35. The molecule has 17 heavy (non-hydrogen) atoms. The van der Waals surface area contributed by atoms with Crippen LogP contribution in [-0.2, 0) is 10.3 Å². The fraction of sp³-hybridized carbons (Fsp3) is 0.333. The summed E-state index contributed by atoms with van der Waals surface area (Å²) in [5, 5.41) is 12.7. The first-order chi connectivity index (χ1) is 8.13. The van der Waals surface area contributed by atoms with Crippen molar-refractivity contribution in [2.45, 2.75) is 19.4 Å². The van der Waals surface area contributed by atoms with Gasteiger partial charge in [0.15, 0.2) is 0 Å². The van der Waals surface area contributed by atoms with Crippen LogP contribution in [0.15, 0.2) is 42.5 Å². The maximum atomic E-state index is 10.4. The van der Waals surface area contributed by atoms with Crippen molar-refractivity contribution in [2.75, 3.05) is 13.2 Å². The zero-order valence-electron chi connectivity index (χ0n) is 10.3. The van der Waals surface area contributed by atoms with Crippen LogP contribution in [0.5, 0.6) is 0 Å². The Morgan fingerprint density at radius 1 is 1.12 bits per heavy atom. The van der Waals surface area contributed by atoms with Gasteiger partial charge >= 0.3 is 0 Å². The topological polar surface area (TPSA) is 29.5 Å². The minimum atomic E-state index is -0.931. The second-order valence-electron chi connectivity index (χ2n) is 4.47. The van der Waals surface area contributed by atoms with Gasteiger partial charge in [-0.05, 0) is 36.2 Å². The molecule has 0 aliphatic carbocycles. The molecule has 0 aromatic heterocycles. The van der Waals surface area contributed by atoms with Crippen molar-refractivity contribution < 1.29 is 9.84 Å². The molecule has 2 heteroatoms. The highest BCUT2D eigenvalue weighted by Gasteiger charge is 2.23. The van der Waals surface area contributed by atoms with Crippen LogP contribution in [0.4, 0.5) is 0 Å². The van der Waals surface area contributed by atoms with Crippen molar-refractivity contribution in [3.63, 3.8) is 0 Å². The fourth-order valence-electron chi connectivity index (χ4n) is 1.91. The molecule has 2 nitrogen and oxygen atoms in total. The van der Waals surface area contributed by atoms with Gasteiger partial charge in [-0.15, -0.1) is 0 Å². The third-order valence-electron chi connectivity index (χ3n) is 2.96. The number of ether oxygens (including phenoxy) is 1. The van der Waals surface area contributed by atoms with Crippen molar-refractivity contribution in [2.24, 2.45) is 0 Å². The van der Waals surface area contributed by atoms with E-state index in [1.165, 1.54) is 5.39 Å². The average molecular weight is 230 g/mol. The lowest BCUT2D eigenvalue weighted by atomic mass is 9.94. The van der Waals surface area contributed by atoms with E-state index in [0.717, 1.165) is 10.9 Å². The molecular weight excluding hydrogens is 212 g/mol. The van der Waals surface area contributed by atoms with Gasteiger partial charge in [0, 0.05) is 6.61 Å². The van der Waals surface area contributed by atoms with Crippen LogP contribution in [0.25, 0.3) is 10.8 Å². The molecule has 0 amide bonds. The smallest absolute Gasteiger partial charge is 0.110 e. The summed E-state index contributed by atoms with van der Waals surface area (Å²) in [4.78, 5) is 0. The Morgan fingerprint density at radius 2 is 1.82 bits per heavy atom. The van der Waals surface area contributed by atoms with E-state index < -0.39 is 5.60 Å². The highest BCUT2D eigenvalue weighted by Crippen LogP contribution is 2.25. The predicted molar refractivity (Wildman–Crippen MR) is 70.0 cm³/mol. The van der Waals surface area contributed by atoms with Crippen molar-refractivity contribution >= 4 is 10.8 Å². The number of aliphatic hydroxyl groups is 1. The normalized spacial score (nSPS) is 14.8. The summed E-state index contributed by atoms with van der Waals surface area (Å²) in [6.45, 7) is 4.65. The fourth-order valence-corrected chi connectivity index (χ4v) is 1.91. The maximum absolute atomic E-state index is 10.4. The molecule has 1 unspecified atom stereocenters. The van der Waals surface area contributed by atoms with Crippen LogP contribution in [0.1, 0.15) is 19.4 Å². The van der Waals surface area contributed by atoms with Gasteiger partial charge in [-0.2, -0.15) is 0 Å². The molecule has 2 aromatic rings. The molecule has 0 saturated carbocycles. The summed E-state index contributed by atoms with van der Waals surface area (Å²) in [5.41, 5.74) is -0.0373. The van der Waals surface area contributed by atoms with E-state index in [9.17, 15) is 5.11 Å². The monoisotopic (exact) mass is 230 g/mol. The zero-order valence-corrected chi connectivity index (χ0v) is 10.3. The van der Waals surface area contributed by atoms with Gasteiger partial charge in [-0.1, -0.05) is 36.4 Å². The third kappa shape index (κ3) is 2.65. The van der Waals surface area contributed by atoms with Gasteiger partial charge < -0.3 is 9.84 Å². The van der Waals surface area contributed by atoms with Gasteiger partial charge in [-0.25, -0.2) is 0 Å². The molecular formula is C15H18O2. The number of hydrogen-bond acceptors (Lipinski definition) is 2.